The number of hydrogen-bond donors (Lipinski definition) is 0. The van der Waals surface area contributed by atoms with E-state index in [0.717, 1.165) is 29.2 Å². The fourth-order valence-electron chi connectivity index (χ4n) is 2.65. The van der Waals surface area contributed by atoms with Gasteiger partial charge in [0.1, 0.15) is 11.5 Å². The molecule has 2 aromatic carbocycles. The van der Waals surface area contributed by atoms with Gasteiger partial charge in [0.15, 0.2) is 0 Å². The van der Waals surface area contributed by atoms with Crippen molar-refractivity contribution >= 4 is 56.7 Å². The Balaban J connectivity index is 1.88. The lowest BCUT2D eigenvalue weighted by Gasteiger charge is -2.10. The first-order valence-corrected chi connectivity index (χ1v) is 12.8. The van der Waals surface area contributed by atoms with Crippen LogP contribution >= 0.6 is 48.0 Å². The van der Waals surface area contributed by atoms with Gasteiger partial charge in [-0.05, 0) is 90.5 Å². The van der Waals surface area contributed by atoms with Gasteiger partial charge in [-0.25, -0.2) is 0 Å². The Bertz CT molecular complexity index is 791. The van der Waals surface area contributed by atoms with Crippen molar-refractivity contribution in [3.8, 4) is 11.5 Å². The number of unbranched alkanes of at least 4 members (excludes halogenated alkanes) is 5. The maximum atomic E-state index is 5.79. The van der Waals surface area contributed by atoms with Gasteiger partial charge < -0.3 is 9.47 Å². The molecule has 0 unspecified atom stereocenters. The second kappa shape index (κ2) is 15.5. The van der Waals surface area contributed by atoms with Gasteiger partial charge in [0.25, 0.3) is 0 Å². The highest BCUT2D eigenvalue weighted by Crippen LogP contribution is 2.29. The van der Waals surface area contributed by atoms with Crippen LogP contribution in [-0.2, 0) is 0 Å². The summed E-state index contributed by atoms with van der Waals surface area (Å²) in [6.07, 6.45) is 8.47. The topological polar surface area (TPSA) is 18.5 Å². The highest BCUT2D eigenvalue weighted by molar-refractivity contribution is 8.27. The summed E-state index contributed by atoms with van der Waals surface area (Å²) in [6.45, 7) is 2.24. The van der Waals surface area contributed by atoms with Gasteiger partial charge in [-0.3, -0.25) is 0 Å². The Morgan fingerprint density at radius 2 is 1.30 bits per heavy atom. The molecule has 0 bridgehead atoms. The summed E-state index contributed by atoms with van der Waals surface area (Å²) in [6, 6.07) is 19.2. The van der Waals surface area contributed by atoms with E-state index in [-0.39, 0.29) is 0 Å². The van der Waals surface area contributed by atoms with E-state index in [4.69, 9.17) is 33.9 Å². The number of thiocarbonyl (C=S) groups is 2. The zero-order valence-corrected chi connectivity index (χ0v) is 20.5. The first kappa shape index (κ1) is 24.9. The zero-order valence-electron chi connectivity index (χ0n) is 17.3. The summed E-state index contributed by atoms with van der Waals surface area (Å²) in [5.41, 5.74) is 0. The molecule has 0 aliphatic rings. The van der Waals surface area contributed by atoms with E-state index >= 15 is 0 Å². The molecule has 0 radical (unpaired) electrons. The average molecular weight is 477 g/mol. The van der Waals surface area contributed by atoms with Gasteiger partial charge in [-0.1, -0.05) is 75.4 Å². The number of para-hydroxylation sites is 2. The maximum Gasteiger partial charge on any atom is 0.230 e. The van der Waals surface area contributed by atoms with Crippen LogP contribution < -0.4 is 9.47 Å². The molecule has 0 N–H and O–H groups in total. The third-order valence-corrected chi connectivity index (χ3v) is 6.53. The lowest BCUT2D eigenvalue weighted by Crippen LogP contribution is -2.01. The molecule has 0 spiro atoms. The van der Waals surface area contributed by atoms with Gasteiger partial charge in [0, 0.05) is 4.91 Å². The van der Waals surface area contributed by atoms with E-state index in [1.807, 2.05) is 66.1 Å². The molecular formula is C24H28O2S4. The summed E-state index contributed by atoms with van der Waals surface area (Å²) in [4.78, 5) is 1.15. The summed E-state index contributed by atoms with van der Waals surface area (Å²) in [5.74, 6) is 1.50. The Labute approximate surface area is 199 Å². The first-order chi connectivity index (χ1) is 14.7. The molecule has 0 saturated heterocycles. The van der Waals surface area contributed by atoms with Crippen LogP contribution in [0.25, 0.3) is 0 Å². The Hall–Kier alpha value is -1.34. The molecular weight excluding hydrogens is 449 g/mol. The zero-order chi connectivity index (χ0) is 21.4. The molecule has 160 valence electrons. The van der Waals surface area contributed by atoms with E-state index in [0.29, 0.717) is 8.77 Å². The van der Waals surface area contributed by atoms with Crippen LogP contribution in [0.3, 0.4) is 0 Å². The number of thioether (sulfide) groups is 2. The molecule has 0 aliphatic heterocycles. The van der Waals surface area contributed by atoms with Crippen molar-refractivity contribution in [2.24, 2.45) is 0 Å². The highest BCUT2D eigenvalue weighted by Gasteiger charge is 2.08. The van der Waals surface area contributed by atoms with Crippen LogP contribution in [0.2, 0.25) is 0 Å². The van der Waals surface area contributed by atoms with Gasteiger partial charge in [0.2, 0.25) is 8.77 Å². The van der Waals surface area contributed by atoms with Gasteiger partial charge >= 0.3 is 0 Å². The van der Waals surface area contributed by atoms with Crippen LogP contribution in [0.5, 0.6) is 11.5 Å². The fourth-order valence-corrected chi connectivity index (χ4v) is 4.73. The predicted octanol–water partition coefficient (Wildman–Crippen LogP) is 8.77. The fraction of sp³-hybridized carbons (Fsp3) is 0.333. The summed E-state index contributed by atoms with van der Waals surface area (Å²) in [5, 5.41) is 2.04. The number of hydrogen-bond acceptors (Lipinski definition) is 6. The first-order valence-electron chi connectivity index (χ1n) is 10.2. The Kier molecular flexibility index (Phi) is 12.8. The summed E-state index contributed by atoms with van der Waals surface area (Å²) in [7, 11) is 0. The minimum Gasteiger partial charge on any atom is -0.440 e. The Morgan fingerprint density at radius 3 is 1.90 bits per heavy atom. The molecule has 6 heteroatoms. The highest BCUT2D eigenvalue weighted by atomic mass is 32.2. The second-order valence-corrected chi connectivity index (χ2v) is 9.85. The van der Waals surface area contributed by atoms with Crippen LogP contribution in [0, 0.1) is 0 Å². The van der Waals surface area contributed by atoms with Crippen molar-refractivity contribution < 1.29 is 9.47 Å². The van der Waals surface area contributed by atoms with Crippen LogP contribution in [0.4, 0.5) is 0 Å². The van der Waals surface area contributed by atoms with Crippen LogP contribution in [0.15, 0.2) is 71.0 Å². The van der Waals surface area contributed by atoms with E-state index < -0.39 is 0 Å². The largest absolute Gasteiger partial charge is 0.440 e. The smallest absolute Gasteiger partial charge is 0.230 e. The quantitative estimate of drug-likeness (QED) is 0.237. The molecule has 0 saturated carbocycles. The molecule has 0 fully saturated rings. The van der Waals surface area contributed by atoms with Gasteiger partial charge in [-0.15, -0.1) is 0 Å². The number of allylic oxidation sites excluding steroid dienone is 1. The predicted molar refractivity (Wildman–Crippen MR) is 141 cm³/mol. The monoisotopic (exact) mass is 476 g/mol. The number of rotatable bonds is 11. The third-order valence-electron chi connectivity index (χ3n) is 4.17. The van der Waals surface area contributed by atoms with Crippen molar-refractivity contribution in [2.45, 2.75) is 51.9 Å². The average Bonchev–Trinajstić information content (AvgIpc) is 2.75. The SMILES string of the molecule is CCCCCCCC/C(=C/SC(=S)Oc1ccccc1)SC(=S)Oc1ccccc1. The summed E-state index contributed by atoms with van der Waals surface area (Å²) < 4.78 is 12.5. The van der Waals surface area contributed by atoms with Crippen molar-refractivity contribution in [2.75, 3.05) is 0 Å². The molecule has 0 heterocycles. The molecule has 0 aliphatic carbocycles. The lowest BCUT2D eigenvalue weighted by molar-refractivity contribution is 0.579. The lowest BCUT2D eigenvalue weighted by atomic mass is 10.1. The van der Waals surface area contributed by atoms with E-state index in [1.165, 1.54) is 55.6 Å². The minimum atomic E-state index is 0.470. The van der Waals surface area contributed by atoms with Gasteiger partial charge in [-0.2, -0.15) is 0 Å². The van der Waals surface area contributed by atoms with E-state index in [9.17, 15) is 0 Å². The molecule has 30 heavy (non-hydrogen) atoms. The third kappa shape index (κ3) is 11.2. The normalized spacial score (nSPS) is 11.2. The Morgan fingerprint density at radius 1 is 0.767 bits per heavy atom. The minimum absolute atomic E-state index is 0.470. The molecule has 0 atom stereocenters. The van der Waals surface area contributed by atoms with Crippen molar-refractivity contribution in [1.29, 1.82) is 0 Å². The van der Waals surface area contributed by atoms with Crippen LogP contribution in [-0.4, -0.2) is 8.77 Å². The molecule has 2 nitrogen and oxygen atoms in total. The van der Waals surface area contributed by atoms with E-state index in [1.54, 1.807) is 0 Å². The molecule has 2 rings (SSSR count). The van der Waals surface area contributed by atoms with Crippen molar-refractivity contribution in [1.82, 2.24) is 0 Å². The van der Waals surface area contributed by atoms with E-state index in [2.05, 4.69) is 6.92 Å². The molecule has 0 aromatic heterocycles. The van der Waals surface area contributed by atoms with Gasteiger partial charge in [0.05, 0.1) is 0 Å². The van der Waals surface area contributed by atoms with Crippen LogP contribution in [0.1, 0.15) is 51.9 Å². The standard InChI is InChI=1S/C24H28O2S4/c1-2-3-4-5-6-13-18-22(30-24(28)26-21-16-11-8-12-17-21)19-29-23(27)25-20-14-9-7-10-15-20/h7-12,14-17,19H,2-6,13,18H2,1H3/b22-19-. The van der Waals surface area contributed by atoms with Crippen molar-refractivity contribution in [3.63, 3.8) is 0 Å². The second-order valence-electron chi connectivity index (χ2n) is 6.65. The molecule has 0 amide bonds. The number of benzene rings is 2. The maximum absolute atomic E-state index is 5.79. The number of ether oxygens (including phenoxy) is 2. The molecule has 2 aromatic rings. The van der Waals surface area contributed by atoms with Crippen molar-refractivity contribution in [3.05, 3.63) is 71.0 Å². The summed E-state index contributed by atoms with van der Waals surface area (Å²) >= 11 is 13.7.